The highest BCUT2D eigenvalue weighted by Gasteiger charge is 2.30. The molecule has 9 nitrogen and oxygen atoms in total. The summed E-state index contributed by atoms with van der Waals surface area (Å²) in [6.45, 7) is 6.02. The Balaban J connectivity index is 1.01. The molecule has 3 heterocycles. The average molecular weight is 711 g/mol. The minimum Gasteiger partial charge on any atom is -0.339 e. The van der Waals surface area contributed by atoms with Gasteiger partial charge in [-0.1, -0.05) is 76.4 Å². The number of urea groups is 1. The summed E-state index contributed by atoms with van der Waals surface area (Å²) in [5.41, 5.74) is 5.31. The number of anilines is 1. The first-order valence-electron chi connectivity index (χ1n) is 15.5. The van der Waals surface area contributed by atoms with E-state index in [9.17, 15) is 9.59 Å². The normalized spacial score (nSPS) is 15.0. The number of thioether (sulfide) groups is 1. The van der Waals surface area contributed by atoms with Crippen molar-refractivity contribution in [2.45, 2.75) is 50.9 Å². The average Bonchev–Trinajstić information content (AvgIpc) is 3.34. The Labute approximate surface area is 292 Å². The van der Waals surface area contributed by atoms with E-state index in [0.29, 0.717) is 58.5 Å². The third-order valence-electron chi connectivity index (χ3n) is 8.28. The number of rotatable bonds is 9. The number of hydrogen-bond acceptors (Lipinski definition) is 6. The second-order valence-electron chi connectivity index (χ2n) is 11.7. The molecule has 0 radical (unpaired) electrons. The van der Waals surface area contributed by atoms with Crippen LogP contribution in [0.3, 0.4) is 0 Å². The van der Waals surface area contributed by atoms with Gasteiger partial charge >= 0.3 is 6.03 Å². The molecule has 3 aromatic carbocycles. The fraction of sp³-hybridized carbons (Fsp3) is 0.324. The monoisotopic (exact) mass is 709 g/mol. The number of aryl methyl sites for hydroxylation is 1. The van der Waals surface area contributed by atoms with E-state index in [1.165, 1.54) is 0 Å². The zero-order chi connectivity index (χ0) is 33.1. The van der Waals surface area contributed by atoms with Crippen LogP contribution in [0, 0.1) is 6.92 Å². The standard InChI is InChI=1S/C34H34Cl3N7O2S/c1-21-12-13-28-25(17-21)31-32(44(28)20-23-7-5-8-24(35)18-23)39-33(41-40-31)47-16-4-3-11-29(45)42-14-15-43(22(2)19-42)34(46)38-27-10-6-9-26(36)30(27)37/h5-10,12-13,17-18,22H,3-4,11,14-16,19-20H2,1-2H3,(H,38,46). The van der Waals surface area contributed by atoms with Crippen LogP contribution in [0.2, 0.25) is 15.1 Å². The highest BCUT2D eigenvalue weighted by atomic mass is 35.5. The Morgan fingerprint density at radius 2 is 1.83 bits per heavy atom. The van der Waals surface area contributed by atoms with Gasteiger partial charge in [0.15, 0.2) is 5.65 Å². The molecule has 0 saturated carbocycles. The Morgan fingerprint density at radius 3 is 2.64 bits per heavy atom. The number of carbonyl (C=O) groups excluding carboxylic acids is 2. The van der Waals surface area contributed by atoms with Crippen LogP contribution < -0.4 is 5.32 Å². The molecule has 1 atom stereocenters. The molecule has 2 aromatic heterocycles. The maximum absolute atomic E-state index is 13.0. The maximum atomic E-state index is 13.0. The summed E-state index contributed by atoms with van der Waals surface area (Å²) in [6, 6.07) is 18.9. The van der Waals surface area contributed by atoms with Gasteiger partial charge in [0.05, 0.1) is 21.2 Å². The van der Waals surface area contributed by atoms with Gasteiger partial charge in [-0.2, -0.15) is 0 Å². The summed E-state index contributed by atoms with van der Waals surface area (Å²) in [4.78, 5) is 34.4. The lowest BCUT2D eigenvalue weighted by atomic mass is 10.1. The molecule has 47 heavy (non-hydrogen) atoms. The minimum atomic E-state index is -0.263. The molecular weight excluding hydrogens is 677 g/mol. The van der Waals surface area contributed by atoms with Gasteiger partial charge < -0.3 is 19.7 Å². The smallest absolute Gasteiger partial charge is 0.322 e. The predicted molar refractivity (Wildman–Crippen MR) is 191 cm³/mol. The highest BCUT2D eigenvalue weighted by molar-refractivity contribution is 7.99. The second-order valence-corrected chi connectivity index (χ2v) is 14.0. The van der Waals surface area contributed by atoms with Gasteiger partial charge in [0.1, 0.15) is 5.52 Å². The van der Waals surface area contributed by atoms with Crippen LogP contribution in [-0.2, 0) is 11.3 Å². The number of halogens is 3. The van der Waals surface area contributed by atoms with Crippen LogP contribution in [0.1, 0.15) is 37.3 Å². The topological polar surface area (TPSA) is 96.2 Å². The zero-order valence-electron chi connectivity index (χ0n) is 26.0. The molecule has 0 bridgehead atoms. The van der Waals surface area contributed by atoms with Crippen LogP contribution in [0.5, 0.6) is 0 Å². The molecule has 244 valence electrons. The Morgan fingerprint density at radius 1 is 1.00 bits per heavy atom. The van der Waals surface area contributed by atoms with Crippen molar-refractivity contribution in [2.75, 3.05) is 30.7 Å². The SMILES string of the molecule is Cc1ccc2c(c1)c1nnc(SCCCCC(=O)N3CCN(C(=O)Nc4cccc(Cl)c4Cl)C(C)C3)nc1n2Cc1cccc(Cl)c1. The molecular formula is C34H34Cl3N7O2S. The number of unbranched alkanes of at least 4 members (excludes halogenated alkanes) is 1. The lowest BCUT2D eigenvalue weighted by Crippen LogP contribution is -2.56. The number of fused-ring (bicyclic) bond motifs is 3. The molecule has 1 unspecified atom stereocenters. The first-order chi connectivity index (χ1) is 22.7. The molecule has 0 spiro atoms. The predicted octanol–water partition coefficient (Wildman–Crippen LogP) is 8.32. The van der Waals surface area contributed by atoms with Crippen LogP contribution in [0.15, 0.2) is 65.8 Å². The first kappa shape index (κ1) is 33.3. The third-order valence-corrected chi connectivity index (χ3v) is 10.3. The number of nitrogens with zero attached hydrogens (tertiary/aromatic N) is 6. The van der Waals surface area contributed by atoms with Crippen LogP contribution in [0.25, 0.3) is 22.1 Å². The summed E-state index contributed by atoms with van der Waals surface area (Å²) in [5, 5.41) is 14.9. The van der Waals surface area contributed by atoms with Crippen molar-refractivity contribution in [3.05, 3.63) is 86.9 Å². The van der Waals surface area contributed by atoms with Gasteiger partial charge in [0, 0.05) is 54.8 Å². The summed E-state index contributed by atoms with van der Waals surface area (Å²) < 4.78 is 2.17. The quantitative estimate of drug-likeness (QED) is 0.122. The number of hydrogen-bond donors (Lipinski definition) is 1. The van der Waals surface area contributed by atoms with Crippen molar-refractivity contribution in [2.24, 2.45) is 0 Å². The third kappa shape index (κ3) is 7.62. The number of piperazine rings is 1. The lowest BCUT2D eigenvalue weighted by molar-refractivity contribution is -0.133. The van der Waals surface area contributed by atoms with Crippen LogP contribution in [-0.4, -0.2) is 72.9 Å². The number of benzene rings is 3. The minimum absolute atomic E-state index is 0.0972. The van der Waals surface area contributed by atoms with Crippen molar-refractivity contribution < 1.29 is 9.59 Å². The molecule has 1 N–H and O–H groups in total. The Bertz CT molecular complexity index is 1950. The molecule has 5 aromatic rings. The van der Waals surface area contributed by atoms with Gasteiger partial charge in [-0.15, -0.1) is 10.2 Å². The number of aromatic nitrogens is 4. The van der Waals surface area contributed by atoms with Crippen molar-refractivity contribution >= 4 is 86.3 Å². The number of carbonyl (C=O) groups is 2. The molecule has 3 amide bonds. The van der Waals surface area contributed by atoms with Gasteiger partial charge in [-0.05, 0) is 68.7 Å². The fourth-order valence-electron chi connectivity index (χ4n) is 5.87. The van der Waals surface area contributed by atoms with Crippen molar-refractivity contribution in [1.29, 1.82) is 0 Å². The van der Waals surface area contributed by atoms with Gasteiger partial charge in [-0.3, -0.25) is 4.79 Å². The van der Waals surface area contributed by atoms with E-state index in [2.05, 4.69) is 51.3 Å². The summed E-state index contributed by atoms with van der Waals surface area (Å²) in [7, 11) is 0. The molecule has 1 aliphatic rings. The molecule has 1 fully saturated rings. The number of amides is 3. The summed E-state index contributed by atoms with van der Waals surface area (Å²) in [6.07, 6.45) is 2.03. The van der Waals surface area contributed by atoms with E-state index >= 15 is 0 Å². The van der Waals surface area contributed by atoms with Crippen LogP contribution >= 0.6 is 46.6 Å². The van der Waals surface area contributed by atoms with E-state index in [1.54, 1.807) is 34.9 Å². The van der Waals surface area contributed by atoms with Crippen LogP contribution in [0.4, 0.5) is 10.5 Å². The van der Waals surface area contributed by atoms with E-state index in [0.717, 1.165) is 51.8 Å². The molecule has 1 saturated heterocycles. The molecule has 0 aliphatic carbocycles. The fourth-order valence-corrected chi connectivity index (χ4v) is 7.21. The van der Waals surface area contributed by atoms with Crippen molar-refractivity contribution in [1.82, 2.24) is 29.5 Å². The molecule has 13 heteroatoms. The lowest BCUT2D eigenvalue weighted by Gasteiger charge is -2.39. The van der Waals surface area contributed by atoms with E-state index in [4.69, 9.17) is 39.8 Å². The van der Waals surface area contributed by atoms with E-state index < -0.39 is 0 Å². The van der Waals surface area contributed by atoms with E-state index in [-0.39, 0.29) is 18.0 Å². The Kier molecular flexibility index (Phi) is 10.4. The number of nitrogens with one attached hydrogen (secondary N) is 1. The summed E-state index contributed by atoms with van der Waals surface area (Å²) in [5.74, 6) is 0.866. The highest BCUT2D eigenvalue weighted by Crippen LogP contribution is 2.31. The van der Waals surface area contributed by atoms with Gasteiger partial charge in [-0.25, -0.2) is 9.78 Å². The largest absolute Gasteiger partial charge is 0.339 e. The summed E-state index contributed by atoms with van der Waals surface area (Å²) >= 11 is 20.1. The van der Waals surface area contributed by atoms with E-state index in [1.807, 2.05) is 30.0 Å². The van der Waals surface area contributed by atoms with Crippen molar-refractivity contribution in [3.8, 4) is 0 Å². The Hall–Kier alpha value is -3.57. The first-order valence-corrected chi connectivity index (χ1v) is 17.6. The maximum Gasteiger partial charge on any atom is 0.322 e. The second kappa shape index (κ2) is 14.7. The van der Waals surface area contributed by atoms with Crippen molar-refractivity contribution in [3.63, 3.8) is 0 Å². The molecule has 6 rings (SSSR count). The van der Waals surface area contributed by atoms with Gasteiger partial charge in [0.2, 0.25) is 11.1 Å². The molecule has 1 aliphatic heterocycles. The van der Waals surface area contributed by atoms with Gasteiger partial charge in [0.25, 0.3) is 0 Å². The zero-order valence-corrected chi connectivity index (χ0v) is 29.1.